The molecule has 6 heteroatoms. The molecule has 0 saturated carbocycles. The molecule has 0 aliphatic carbocycles. The van der Waals surface area contributed by atoms with Crippen molar-refractivity contribution in [3.63, 3.8) is 0 Å². The molecule has 1 unspecified atom stereocenters. The molecule has 0 aromatic heterocycles. The Balaban J connectivity index is 1.36. The molecular formula is C25H35N3O3. The second-order valence-corrected chi connectivity index (χ2v) is 8.37. The first-order valence-electron chi connectivity index (χ1n) is 11.1. The largest absolute Gasteiger partial charge is 0.493 e. The minimum atomic E-state index is -0.112. The third kappa shape index (κ3) is 6.89. The number of benzene rings is 2. The first-order valence-corrected chi connectivity index (χ1v) is 11.1. The molecule has 3 rings (SSSR count). The lowest BCUT2D eigenvalue weighted by molar-refractivity contribution is -0.123. The Morgan fingerprint density at radius 1 is 1.03 bits per heavy atom. The van der Waals surface area contributed by atoms with Crippen LogP contribution in [0.5, 0.6) is 11.5 Å². The van der Waals surface area contributed by atoms with Crippen molar-refractivity contribution in [2.45, 2.75) is 33.2 Å². The number of methoxy groups -OCH3 is 1. The number of ether oxygens (including phenoxy) is 2. The van der Waals surface area contributed by atoms with E-state index in [-0.39, 0.29) is 18.6 Å². The zero-order valence-corrected chi connectivity index (χ0v) is 19.2. The van der Waals surface area contributed by atoms with Gasteiger partial charge in [0.1, 0.15) is 0 Å². The molecule has 0 bridgehead atoms. The van der Waals surface area contributed by atoms with Gasteiger partial charge in [0.05, 0.1) is 7.11 Å². The highest BCUT2D eigenvalue weighted by molar-refractivity contribution is 5.77. The van der Waals surface area contributed by atoms with E-state index < -0.39 is 0 Å². The SMILES string of the molecule is COc1cc(C)ccc1OCC(=O)NC(C)CCN1CCN(c2cccc(C)c2)CC1. The Morgan fingerprint density at radius 2 is 1.77 bits per heavy atom. The Kier molecular flexibility index (Phi) is 8.18. The highest BCUT2D eigenvalue weighted by Crippen LogP contribution is 2.27. The van der Waals surface area contributed by atoms with Gasteiger partial charge < -0.3 is 19.7 Å². The molecule has 168 valence electrons. The van der Waals surface area contributed by atoms with E-state index in [0.717, 1.165) is 44.7 Å². The van der Waals surface area contributed by atoms with Crippen molar-refractivity contribution in [1.82, 2.24) is 10.2 Å². The van der Waals surface area contributed by atoms with Crippen LogP contribution in [0.1, 0.15) is 24.5 Å². The van der Waals surface area contributed by atoms with Crippen LogP contribution in [0.25, 0.3) is 0 Å². The van der Waals surface area contributed by atoms with Gasteiger partial charge >= 0.3 is 0 Å². The van der Waals surface area contributed by atoms with Gasteiger partial charge in [0, 0.05) is 44.5 Å². The van der Waals surface area contributed by atoms with E-state index in [1.165, 1.54) is 11.3 Å². The summed E-state index contributed by atoms with van der Waals surface area (Å²) in [4.78, 5) is 17.2. The molecule has 1 aliphatic heterocycles. The van der Waals surface area contributed by atoms with Gasteiger partial charge in [-0.3, -0.25) is 9.69 Å². The molecule has 6 nitrogen and oxygen atoms in total. The third-order valence-corrected chi connectivity index (χ3v) is 5.70. The second-order valence-electron chi connectivity index (χ2n) is 8.37. The standard InChI is InChI=1S/C25H35N3O3/c1-19-6-5-7-22(16-19)28-14-12-27(13-15-28)11-10-21(3)26-25(29)18-31-23-9-8-20(2)17-24(23)30-4/h5-9,16-17,21H,10-15,18H2,1-4H3,(H,26,29). The van der Waals surface area contributed by atoms with E-state index in [1.807, 2.05) is 32.0 Å². The summed E-state index contributed by atoms with van der Waals surface area (Å²) < 4.78 is 11.0. The van der Waals surface area contributed by atoms with Crippen molar-refractivity contribution in [2.24, 2.45) is 0 Å². The van der Waals surface area contributed by atoms with E-state index in [2.05, 4.69) is 46.3 Å². The van der Waals surface area contributed by atoms with Gasteiger partial charge in [-0.25, -0.2) is 0 Å². The summed E-state index contributed by atoms with van der Waals surface area (Å²) in [6.45, 7) is 11.3. The first kappa shape index (κ1) is 22.9. The maximum Gasteiger partial charge on any atom is 0.258 e. The number of carbonyl (C=O) groups is 1. The fourth-order valence-corrected chi connectivity index (χ4v) is 3.86. The normalized spacial score (nSPS) is 15.4. The summed E-state index contributed by atoms with van der Waals surface area (Å²) >= 11 is 0. The first-order chi connectivity index (χ1) is 14.9. The van der Waals surface area contributed by atoms with Crippen LogP contribution in [0.15, 0.2) is 42.5 Å². The van der Waals surface area contributed by atoms with Crippen molar-refractivity contribution in [1.29, 1.82) is 0 Å². The average molecular weight is 426 g/mol. The number of anilines is 1. The number of hydrogen-bond donors (Lipinski definition) is 1. The minimum Gasteiger partial charge on any atom is -0.493 e. The van der Waals surface area contributed by atoms with Crippen molar-refractivity contribution in [2.75, 3.05) is 51.3 Å². The van der Waals surface area contributed by atoms with Gasteiger partial charge in [-0.2, -0.15) is 0 Å². The molecule has 0 spiro atoms. The second kappa shape index (κ2) is 11.0. The molecule has 2 aromatic rings. The van der Waals surface area contributed by atoms with Gasteiger partial charge in [0.25, 0.3) is 5.91 Å². The monoisotopic (exact) mass is 425 g/mol. The van der Waals surface area contributed by atoms with Crippen molar-refractivity contribution >= 4 is 11.6 Å². The Labute approximate surface area is 186 Å². The van der Waals surface area contributed by atoms with E-state index >= 15 is 0 Å². The molecule has 2 aromatic carbocycles. The van der Waals surface area contributed by atoms with Gasteiger partial charge in [0.15, 0.2) is 18.1 Å². The van der Waals surface area contributed by atoms with E-state index in [4.69, 9.17) is 9.47 Å². The lowest BCUT2D eigenvalue weighted by Crippen LogP contribution is -2.47. The van der Waals surface area contributed by atoms with Crippen LogP contribution in [0, 0.1) is 13.8 Å². The minimum absolute atomic E-state index is 0.0150. The molecule has 1 heterocycles. The molecule has 1 fully saturated rings. The summed E-state index contributed by atoms with van der Waals surface area (Å²) in [6.07, 6.45) is 0.921. The summed E-state index contributed by atoms with van der Waals surface area (Å²) in [5.41, 5.74) is 3.70. The highest BCUT2D eigenvalue weighted by atomic mass is 16.5. The predicted octanol–water partition coefficient (Wildman–Crippen LogP) is 3.41. The molecule has 1 N–H and O–H groups in total. The molecule has 1 atom stereocenters. The maximum atomic E-state index is 12.3. The van der Waals surface area contributed by atoms with Crippen LogP contribution < -0.4 is 19.7 Å². The van der Waals surface area contributed by atoms with Crippen LogP contribution in [-0.4, -0.2) is 63.3 Å². The number of rotatable bonds is 9. The van der Waals surface area contributed by atoms with Gasteiger partial charge in [-0.15, -0.1) is 0 Å². The zero-order valence-electron chi connectivity index (χ0n) is 19.2. The van der Waals surface area contributed by atoms with Crippen LogP contribution in [0.2, 0.25) is 0 Å². The lowest BCUT2D eigenvalue weighted by atomic mass is 10.1. The molecular weight excluding hydrogens is 390 g/mol. The average Bonchev–Trinajstić information content (AvgIpc) is 2.77. The van der Waals surface area contributed by atoms with Crippen LogP contribution in [0.4, 0.5) is 5.69 Å². The van der Waals surface area contributed by atoms with Crippen LogP contribution in [-0.2, 0) is 4.79 Å². The summed E-state index contributed by atoms with van der Waals surface area (Å²) in [5, 5.41) is 3.04. The highest BCUT2D eigenvalue weighted by Gasteiger charge is 2.18. The number of nitrogens with one attached hydrogen (secondary N) is 1. The molecule has 0 radical (unpaired) electrons. The fourth-order valence-electron chi connectivity index (χ4n) is 3.86. The van der Waals surface area contributed by atoms with Crippen molar-refractivity contribution in [3.8, 4) is 11.5 Å². The summed E-state index contributed by atoms with van der Waals surface area (Å²) in [5.74, 6) is 1.12. The summed E-state index contributed by atoms with van der Waals surface area (Å²) in [7, 11) is 1.60. The fraction of sp³-hybridized carbons (Fsp3) is 0.480. The Bertz CT molecular complexity index is 863. The predicted molar refractivity (Wildman–Crippen MR) is 125 cm³/mol. The number of hydrogen-bond acceptors (Lipinski definition) is 5. The van der Waals surface area contributed by atoms with Gasteiger partial charge in [-0.05, 0) is 62.6 Å². The zero-order chi connectivity index (χ0) is 22.2. The summed E-state index contributed by atoms with van der Waals surface area (Å²) in [6, 6.07) is 14.5. The number of carbonyl (C=O) groups excluding carboxylic acids is 1. The topological polar surface area (TPSA) is 54.0 Å². The van der Waals surface area contributed by atoms with E-state index in [9.17, 15) is 4.79 Å². The van der Waals surface area contributed by atoms with Gasteiger partial charge in [0.2, 0.25) is 0 Å². The van der Waals surface area contributed by atoms with E-state index in [0.29, 0.717) is 11.5 Å². The van der Waals surface area contributed by atoms with Crippen molar-refractivity contribution < 1.29 is 14.3 Å². The molecule has 31 heavy (non-hydrogen) atoms. The molecule has 1 amide bonds. The smallest absolute Gasteiger partial charge is 0.258 e. The Morgan fingerprint density at radius 3 is 2.48 bits per heavy atom. The Hall–Kier alpha value is -2.73. The number of amides is 1. The molecule has 1 saturated heterocycles. The van der Waals surface area contributed by atoms with Crippen LogP contribution in [0.3, 0.4) is 0 Å². The third-order valence-electron chi connectivity index (χ3n) is 5.70. The van der Waals surface area contributed by atoms with Gasteiger partial charge in [-0.1, -0.05) is 18.2 Å². The maximum absolute atomic E-state index is 12.3. The number of piperazine rings is 1. The van der Waals surface area contributed by atoms with E-state index in [1.54, 1.807) is 7.11 Å². The number of aryl methyl sites for hydroxylation is 2. The quantitative estimate of drug-likeness (QED) is 0.667. The van der Waals surface area contributed by atoms with Crippen molar-refractivity contribution in [3.05, 3.63) is 53.6 Å². The lowest BCUT2D eigenvalue weighted by Gasteiger charge is -2.36. The van der Waals surface area contributed by atoms with Crippen LogP contribution >= 0.6 is 0 Å². The molecule has 1 aliphatic rings. The number of nitrogens with zero attached hydrogens (tertiary/aromatic N) is 2.